The molecule has 3 nitrogen and oxygen atoms in total. The molecule has 0 aromatic heterocycles. The highest BCUT2D eigenvalue weighted by Gasteiger charge is 2.17. The van der Waals surface area contributed by atoms with Crippen molar-refractivity contribution >= 4 is 17.4 Å². The molecule has 1 saturated heterocycles. The van der Waals surface area contributed by atoms with Gasteiger partial charge >= 0.3 is 0 Å². The van der Waals surface area contributed by atoms with Crippen LogP contribution in [0.2, 0.25) is 5.02 Å². The van der Waals surface area contributed by atoms with Crippen LogP contribution in [0.25, 0.3) is 0 Å². The number of carbonyl (C=O) groups is 1. The summed E-state index contributed by atoms with van der Waals surface area (Å²) in [5.41, 5.74) is 1.11. The molecule has 0 bridgehead atoms. The molecule has 108 valence electrons. The third kappa shape index (κ3) is 3.26. The van der Waals surface area contributed by atoms with Crippen LogP contribution < -0.4 is 4.74 Å². The average Bonchev–Trinajstić information content (AvgIpc) is 3.01. The fraction of sp³-hybridized carbons (Fsp3) is 0.235. The number of hydrogen-bond donors (Lipinski definition) is 0. The van der Waals surface area contributed by atoms with Gasteiger partial charge in [-0.3, -0.25) is 4.79 Å². The van der Waals surface area contributed by atoms with Gasteiger partial charge in [-0.2, -0.15) is 0 Å². The van der Waals surface area contributed by atoms with Gasteiger partial charge in [-0.15, -0.1) is 0 Å². The van der Waals surface area contributed by atoms with Crippen molar-refractivity contribution in [3.8, 4) is 5.75 Å². The molecule has 21 heavy (non-hydrogen) atoms. The van der Waals surface area contributed by atoms with Crippen LogP contribution in [0.4, 0.5) is 0 Å². The van der Waals surface area contributed by atoms with Crippen molar-refractivity contribution in [1.29, 1.82) is 0 Å². The highest BCUT2D eigenvalue weighted by molar-refractivity contribution is 6.34. The minimum Gasteiger partial charge on any atom is -0.488 e. The van der Waals surface area contributed by atoms with Crippen LogP contribution in [-0.2, 0) is 4.74 Å². The Hall–Kier alpha value is -1.84. The van der Waals surface area contributed by atoms with Crippen LogP contribution >= 0.6 is 11.6 Å². The standard InChI is InChI=1S/C17H15ClO3/c18-16-4-2-1-3-15(16)17(19)12-5-7-13(8-6-12)21-14-9-10-20-11-14/h1-8,14H,9-11H2/t14-/m0/s1. The molecule has 0 saturated carbocycles. The van der Waals surface area contributed by atoms with E-state index in [9.17, 15) is 4.79 Å². The number of benzene rings is 2. The van der Waals surface area contributed by atoms with E-state index >= 15 is 0 Å². The van der Waals surface area contributed by atoms with Crippen molar-refractivity contribution in [2.75, 3.05) is 13.2 Å². The zero-order valence-corrected chi connectivity index (χ0v) is 12.2. The van der Waals surface area contributed by atoms with Crippen LogP contribution in [0.1, 0.15) is 22.3 Å². The predicted molar refractivity (Wildman–Crippen MR) is 81.2 cm³/mol. The number of rotatable bonds is 4. The Morgan fingerprint density at radius 1 is 1.14 bits per heavy atom. The summed E-state index contributed by atoms with van der Waals surface area (Å²) in [5.74, 6) is 0.664. The third-order valence-corrected chi connectivity index (χ3v) is 3.76. The summed E-state index contributed by atoms with van der Waals surface area (Å²) in [6.07, 6.45) is 1.01. The molecule has 4 heteroatoms. The van der Waals surface area contributed by atoms with Crippen LogP contribution in [-0.4, -0.2) is 25.1 Å². The fourth-order valence-electron chi connectivity index (χ4n) is 2.28. The maximum Gasteiger partial charge on any atom is 0.194 e. The summed E-state index contributed by atoms with van der Waals surface area (Å²) in [4.78, 5) is 12.4. The minimum absolute atomic E-state index is 0.0867. The first-order valence-electron chi connectivity index (χ1n) is 6.88. The average molecular weight is 303 g/mol. The van der Waals surface area contributed by atoms with E-state index in [2.05, 4.69) is 0 Å². The van der Waals surface area contributed by atoms with Gasteiger partial charge in [0.25, 0.3) is 0 Å². The van der Waals surface area contributed by atoms with E-state index in [0.29, 0.717) is 22.8 Å². The minimum atomic E-state index is -0.0867. The SMILES string of the molecule is O=C(c1ccc(O[C@H]2CCOC2)cc1)c1ccccc1Cl. The third-order valence-electron chi connectivity index (χ3n) is 3.43. The van der Waals surface area contributed by atoms with Crippen LogP contribution in [0.3, 0.4) is 0 Å². The lowest BCUT2D eigenvalue weighted by Gasteiger charge is -2.12. The molecule has 0 radical (unpaired) electrons. The van der Waals surface area contributed by atoms with Gasteiger partial charge in [-0.1, -0.05) is 23.7 Å². The Kier molecular flexibility index (Phi) is 4.23. The fourth-order valence-corrected chi connectivity index (χ4v) is 2.51. The zero-order chi connectivity index (χ0) is 14.7. The van der Waals surface area contributed by atoms with E-state index in [0.717, 1.165) is 18.8 Å². The van der Waals surface area contributed by atoms with Crippen molar-refractivity contribution in [2.45, 2.75) is 12.5 Å². The van der Waals surface area contributed by atoms with Gasteiger partial charge in [0.1, 0.15) is 11.9 Å². The lowest BCUT2D eigenvalue weighted by molar-refractivity contribution is 0.103. The normalized spacial score (nSPS) is 17.7. The van der Waals surface area contributed by atoms with E-state index in [4.69, 9.17) is 21.1 Å². The summed E-state index contributed by atoms with van der Waals surface area (Å²) in [6, 6.07) is 14.2. The largest absolute Gasteiger partial charge is 0.488 e. The zero-order valence-electron chi connectivity index (χ0n) is 11.4. The Balaban J connectivity index is 1.74. The summed E-state index contributed by atoms with van der Waals surface area (Å²) >= 11 is 6.05. The Morgan fingerprint density at radius 2 is 1.90 bits per heavy atom. The number of hydrogen-bond acceptors (Lipinski definition) is 3. The van der Waals surface area contributed by atoms with E-state index in [1.165, 1.54) is 0 Å². The summed E-state index contributed by atoms with van der Waals surface area (Å²) in [5, 5.41) is 0.464. The smallest absolute Gasteiger partial charge is 0.194 e. The van der Waals surface area contributed by atoms with Crippen LogP contribution in [0.15, 0.2) is 48.5 Å². The Morgan fingerprint density at radius 3 is 2.57 bits per heavy atom. The van der Waals surface area contributed by atoms with Gasteiger partial charge < -0.3 is 9.47 Å². The quantitative estimate of drug-likeness (QED) is 0.807. The molecular formula is C17H15ClO3. The van der Waals surface area contributed by atoms with Crippen molar-refractivity contribution in [2.24, 2.45) is 0 Å². The van der Waals surface area contributed by atoms with Crippen LogP contribution in [0, 0.1) is 0 Å². The molecule has 2 aromatic rings. The molecule has 1 aliphatic rings. The number of carbonyl (C=O) groups excluding carboxylic acids is 1. The van der Waals surface area contributed by atoms with Crippen molar-refractivity contribution < 1.29 is 14.3 Å². The van der Waals surface area contributed by atoms with Gasteiger partial charge in [0.15, 0.2) is 5.78 Å². The molecule has 1 heterocycles. The topological polar surface area (TPSA) is 35.5 Å². The maximum atomic E-state index is 12.4. The first-order chi connectivity index (χ1) is 10.2. The number of ether oxygens (including phenoxy) is 2. The Bertz CT molecular complexity index is 631. The van der Waals surface area contributed by atoms with Gasteiger partial charge in [0, 0.05) is 17.5 Å². The lowest BCUT2D eigenvalue weighted by atomic mass is 10.0. The predicted octanol–water partition coefficient (Wildman–Crippen LogP) is 3.74. The summed E-state index contributed by atoms with van der Waals surface area (Å²) < 4.78 is 11.0. The van der Waals surface area contributed by atoms with E-state index in [1.807, 2.05) is 12.1 Å². The number of ketones is 1. The maximum absolute atomic E-state index is 12.4. The molecule has 0 aliphatic carbocycles. The summed E-state index contributed by atoms with van der Waals surface area (Å²) in [7, 11) is 0. The molecule has 0 amide bonds. The van der Waals surface area contributed by atoms with Gasteiger partial charge in [-0.05, 0) is 36.4 Å². The van der Waals surface area contributed by atoms with Crippen molar-refractivity contribution in [1.82, 2.24) is 0 Å². The summed E-state index contributed by atoms with van der Waals surface area (Å²) in [6.45, 7) is 1.37. The number of halogens is 1. The molecule has 1 aliphatic heterocycles. The second kappa shape index (κ2) is 6.29. The molecule has 0 spiro atoms. The van der Waals surface area contributed by atoms with Crippen molar-refractivity contribution in [3.05, 3.63) is 64.7 Å². The molecule has 0 N–H and O–H groups in total. The molecule has 2 aromatic carbocycles. The first kappa shape index (κ1) is 14.1. The monoisotopic (exact) mass is 302 g/mol. The van der Waals surface area contributed by atoms with E-state index in [-0.39, 0.29) is 11.9 Å². The second-order valence-electron chi connectivity index (χ2n) is 4.94. The molecule has 0 unspecified atom stereocenters. The second-order valence-corrected chi connectivity index (χ2v) is 5.34. The first-order valence-corrected chi connectivity index (χ1v) is 7.25. The van der Waals surface area contributed by atoms with E-state index in [1.54, 1.807) is 36.4 Å². The van der Waals surface area contributed by atoms with Crippen molar-refractivity contribution in [3.63, 3.8) is 0 Å². The molecule has 1 atom stereocenters. The molecule has 3 rings (SSSR count). The molecular weight excluding hydrogens is 288 g/mol. The lowest BCUT2D eigenvalue weighted by Crippen LogP contribution is -2.15. The highest BCUT2D eigenvalue weighted by atomic mass is 35.5. The van der Waals surface area contributed by atoms with Gasteiger partial charge in [-0.25, -0.2) is 0 Å². The highest BCUT2D eigenvalue weighted by Crippen LogP contribution is 2.22. The van der Waals surface area contributed by atoms with E-state index < -0.39 is 0 Å². The Labute approximate surface area is 128 Å². The molecule has 1 fully saturated rings. The van der Waals surface area contributed by atoms with Crippen LogP contribution in [0.5, 0.6) is 5.75 Å². The van der Waals surface area contributed by atoms with Gasteiger partial charge in [0.05, 0.1) is 18.2 Å². The van der Waals surface area contributed by atoms with Gasteiger partial charge in [0.2, 0.25) is 0 Å².